The van der Waals surface area contributed by atoms with Crippen molar-refractivity contribution in [3.05, 3.63) is 70.5 Å². The number of nitrogens with one attached hydrogen (secondary N) is 2. The molecule has 1 amide bonds. The van der Waals surface area contributed by atoms with Gasteiger partial charge in [0.2, 0.25) is 5.43 Å². The summed E-state index contributed by atoms with van der Waals surface area (Å²) in [7, 11) is 3.85. The third-order valence-electron chi connectivity index (χ3n) is 3.65. The van der Waals surface area contributed by atoms with Crippen molar-refractivity contribution in [2.24, 2.45) is 0 Å². The van der Waals surface area contributed by atoms with Gasteiger partial charge in [-0.1, -0.05) is 18.2 Å². The number of rotatable bonds is 3. The van der Waals surface area contributed by atoms with Crippen molar-refractivity contribution in [3.8, 4) is 0 Å². The van der Waals surface area contributed by atoms with Crippen molar-refractivity contribution in [2.75, 3.05) is 24.3 Å². The molecule has 0 aliphatic heterocycles. The minimum atomic E-state index is -0.423. The number of carbonyl (C=O) groups excluding carboxylic acids is 1. The van der Waals surface area contributed by atoms with Crippen LogP contribution in [0.15, 0.2) is 59.5 Å². The van der Waals surface area contributed by atoms with E-state index in [0.29, 0.717) is 16.6 Å². The van der Waals surface area contributed by atoms with E-state index in [1.807, 2.05) is 43.3 Å². The van der Waals surface area contributed by atoms with E-state index in [1.165, 1.54) is 6.20 Å². The fourth-order valence-electron chi connectivity index (χ4n) is 2.40. The van der Waals surface area contributed by atoms with Crippen molar-refractivity contribution in [1.29, 1.82) is 0 Å². The lowest BCUT2D eigenvalue weighted by molar-refractivity contribution is 0.102. The molecule has 0 unspecified atom stereocenters. The highest BCUT2D eigenvalue weighted by atomic mass is 16.2. The molecule has 3 rings (SSSR count). The van der Waals surface area contributed by atoms with E-state index in [1.54, 1.807) is 24.3 Å². The molecule has 23 heavy (non-hydrogen) atoms. The molecule has 0 aliphatic rings. The fourth-order valence-corrected chi connectivity index (χ4v) is 2.40. The topological polar surface area (TPSA) is 65.2 Å². The van der Waals surface area contributed by atoms with E-state index in [0.717, 1.165) is 5.69 Å². The summed E-state index contributed by atoms with van der Waals surface area (Å²) in [6, 6.07) is 14.6. The highest BCUT2D eigenvalue weighted by Crippen LogP contribution is 2.18. The first kappa shape index (κ1) is 14.8. The van der Waals surface area contributed by atoms with Crippen LogP contribution in [0.2, 0.25) is 0 Å². The Morgan fingerprint density at radius 1 is 1.09 bits per heavy atom. The molecule has 2 aromatic carbocycles. The fraction of sp³-hybridized carbons (Fsp3) is 0.111. The number of carbonyl (C=O) groups is 1. The lowest BCUT2D eigenvalue weighted by Crippen LogP contribution is -2.22. The second kappa shape index (κ2) is 5.96. The molecule has 0 atom stereocenters. The van der Waals surface area contributed by atoms with Gasteiger partial charge >= 0.3 is 0 Å². The van der Waals surface area contributed by atoms with Crippen molar-refractivity contribution >= 4 is 28.2 Å². The molecule has 0 bridgehead atoms. The summed E-state index contributed by atoms with van der Waals surface area (Å²) in [6.45, 7) is 0. The Balaban J connectivity index is 1.94. The first-order valence-electron chi connectivity index (χ1n) is 7.25. The number of nitrogens with zero attached hydrogens (tertiary/aromatic N) is 1. The van der Waals surface area contributed by atoms with Gasteiger partial charge in [-0.3, -0.25) is 9.59 Å². The van der Waals surface area contributed by atoms with Crippen molar-refractivity contribution < 1.29 is 4.79 Å². The van der Waals surface area contributed by atoms with E-state index in [-0.39, 0.29) is 11.0 Å². The number of benzene rings is 2. The number of aromatic amines is 1. The predicted molar refractivity (Wildman–Crippen MR) is 93.3 cm³/mol. The zero-order valence-electron chi connectivity index (χ0n) is 13.0. The maximum Gasteiger partial charge on any atom is 0.261 e. The Labute approximate surface area is 133 Å². The van der Waals surface area contributed by atoms with Gasteiger partial charge in [0.25, 0.3) is 5.91 Å². The van der Waals surface area contributed by atoms with Gasteiger partial charge in [0, 0.05) is 42.6 Å². The lowest BCUT2D eigenvalue weighted by atomic mass is 10.1. The van der Waals surface area contributed by atoms with Crippen molar-refractivity contribution in [1.82, 2.24) is 4.98 Å². The van der Waals surface area contributed by atoms with E-state index in [9.17, 15) is 9.59 Å². The molecule has 1 heterocycles. The van der Waals surface area contributed by atoms with Crippen LogP contribution in [0.5, 0.6) is 0 Å². The summed E-state index contributed by atoms with van der Waals surface area (Å²) >= 11 is 0. The highest BCUT2D eigenvalue weighted by Gasteiger charge is 2.13. The van der Waals surface area contributed by atoms with Gasteiger partial charge in [-0.05, 0) is 30.3 Å². The number of fused-ring (bicyclic) bond motifs is 1. The normalized spacial score (nSPS) is 10.5. The standard InChI is InChI=1S/C18H17N3O2/c1-21(2)13-7-5-6-12(10-13)20-18(23)15-11-19-16-9-4-3-8-14(16)17(15)22/h3-11H,1-2H3,(H,19,22)(H,20,23). The van der Waals surface area contributed by atoms with Crippen LogP contribution < -0.4 is 15.6 Å². The van der Waals surface area contributed by atoms with Crippen molar-refractivity contribution in [3.63, 3.8) is 0 Å². The number of para-hydroxylation sites is 1. The number of hydrogen-bond acceptors (Lipinski definition) is 3. The lowest BCUT2D eigenvalue weighted by Gasteiger charge is -2.14. The summed E-state index contributed by atoms with van der Waals surface area (Å²) in [5.41, 5.74) is 2.15. The Bertz CT molecular complexity index is 929. The van der Waals surface area contributed by atoms with Gasteiger partial charge < -0.3 is 15.2 Å². The van der Waals surface area contributed by atoms with Crippen LogP contribution in [0.25, 0.3) is 10.9 Å². The first-order valence-corrected chi connectivity index (χ1v) is 7.25. The van der Waals surface area contributed by atoms with Crippen molar-refractivity contribution in [2.45, 2.75) is 0 Å². The number of aromatic nitrogens is 1. The van der Waals surface area contributed by atoms with E-state index in [4.69, 9.17) is 0 Å². The van der Waals surface area contributed by atoms with Crippen LogP contribution in [0.3, 0.4) is 0 Å². The number of anilines is 2. The molecule has 5 heteroatoms. The van der Waals surface area contributed by atoms with E-state index >= 15 is 0 Å². The molecule has 5 nitrogen and oxygen atoms in total. The Hall–Kier alpha value is -3.08. The summed E-state index contributed by atoms with van der Waals surface area (Å²) < 4.78 is 0. The van der Waals surface area contributed by atoms with Crippen LogP contribution >= 0.6 is 0 Å². The van der Waals surface area contributed by atoms with Gasteiger partial charge in [-0.15, -0.1) is 0 Å². The molecule has 0 aliphatic carbocycles. The van der Waals surface area contributed by atoms with Crippen LogP contribution in [0, 0.1) is 0 Å². The van der Waals surface area contributed by atoms with E-state index in [2.05, 4.69) is 10.3 Å². The Morgan fingerprint density at radius 3 is 2.65 bits per heavy atom. The maximum absolute atomic E-state index is 12.4. The van der Waals surface area contributed by atoms with Crippen LogP contribution in [-0.4, -0.2) is 25.0 Å². The minimum absolute atomic E-state index is 0.0963. The summed E-state index contributed by atoms with van der Waals surface area (Å²) in [4.78, 5) is 29.8. The third-order valence-corrected chi connectivity index (χ3v) is 3.65. The summed E-state index contributed by atoms with van der Waals surface area (Å²) in [5.74, 6) is -0.423. The molecule has 0 radical (unpaired) electrons. The number of amides is 1. The minimum Gasteiger partial charge on any atom is -0.378 e. The molecule has 116 valence electrons. The average molecular weight is 307 g/mol. The molecule has 2 N–H and O–H groups in total. The number of H-pyrrole nitrogens is 1. The predicted octanol–water partition coefficient (Wildman–Crippen LogP) is 2.85. The molecule has 3 aromatic rings. The first-order chi connectivity index (χ1) is 11.1. The second-order valence-electron chi connectivity index (χ2n) is 5.48. The number of hydrogen-bond donors (Lipinski definition) is 2. The van der Waals surface area contributed by atoms with Gasteiger partial charge in [-0.25, -0.2) is 0 Å². The van der Waals surface area contributed by atoms with Gasteiger partial charge in [-0.2, -0.15) is 0 Å². The van der Waals surface area contributed by atoms with Gasteiger partial charge in [0.1, 0.15) is 5.56 Å². The van der Waals surface area contributed by atoms with Crippen LogP contribution in [0.4, 0.5) is 11.4 Å². The Kier molecular flexibility index (Phi) is 3.85. The maximum atomic E-state index is 12.4. The monoisotopic (exact) mass is 307 g/mol. The molecule has 1 aromatic heterocycles. The average Bonchev–Trinajstić information content (AvgIpc) is 2.55. The van der Waals surface area contributed by atoms with Gasteiger partial charge in [0.15, 0.2) is 0 Å². The zero-order chi connectivity index (χ0) is 16.4. The van der Waals surface area contributed by atoms with Crippen LogP contribution in [-0.2, 0) is 0 Å². The summed E-state index contributed by atoms with van der Waals surface area (Å²) in [5, 5.41) is 3.28. The molecular weight excluding hydrogens is 290 g/mol. The molecule has 0 spiro atoms. The Morgan fingerprint density at radius 2 is 1.87 bits per heavy atom. The largest absolute Gasteiger partial charge is 0.378 e. The molecule has 0 saturated heterocycles. The second-order valence-corrected chi connectivity index (χ2v) is 5.48. The van der Waals surface area contributed by atoms with Gasteiger partial charge in [0.05, 0.1) is 0 Å². The van der Waals surface area contributed by atoms with Crippen LogP contribution in [0.1, 0.15) is 10.4 Å². The zero-order valence-corrected chi connectivity index (χ0v) is 13.0. The number of pyridine rings is 1. The molecular formula is C18H17N3O2. The SMILES string of the molecule is CN(C)c1cccc(NC(=O)c2c[nH]c3ccccc3c2=O)c1. The molecule has 0 fully saturated rings. The van der Waals surface area contributed by atoms with E-state index < -0.39 is 5.91 Å². The molecule has 0 saturated carbocycles. The highest BCUT2D eigenvalue weighted by molar-refractivity contribution is 6.05. The smallest absolute Gasteiger partial charge is 0.261 e. The third kappa shape index (κ3) is 2.94. The summed E-state index contributed by atoms with van der Waals surface area (Å²) in [6.07, 6.45) is 1.45. The quantitative estimate of drug-likeness (QED) is 0.782.